The molecular weight excluding hydrogens is 460 g/mol. The Balaban J connectivity index is 1.81. The number of H-pyrrole nitrogens is 1. The van der Waals surface area contributed by atoms with E-state index in [-0.39, 0.29) is 11.8 Å². The number of nitrogen functional groups attached to an aromatic ring is 1. The number of nitrogens with zero attached hydrogens (tertiary/aromatic N) is 4. The molecule has 0 saturated carbocycles. The van der Waals surface area contributed by atoms with Gasteiger partial charge in [0.25, 0.3) is 0 Å². The summed E-state index contributed by atoms with van der Waals surface area (Å²) < 4.78 is 11.9. The van der Waals surface area contributed by atoms with Crippen LogP contribution in [-0.2, 0) is 0 Å². The van der Waals surface area contributed by atoms with E-state index in [0.717, 1.165) is 4.68 Å². The maximum absolute atomic E-state index is 12.7. The normalized spacial score (nSPS) is 13.8. The number of hydrogen-bond donors (Lipinski definition) is 4. The molecule has 11 nitrogen and oxygen atoms in total. The zero-order chi connectivity index (χ0) is 24.2. The van der Waals surface area contributed by atoms with Crippen LogP contribution in [0.15, 0.2) is 51.2 Å². The van der Waals surface area contributed by atoms with E-state index in [1.165, 1.54) is 14.2 Å². The van der Waals surface area contributed by atoms with Crippen LogP contribution in [0.2, 0.25) is 5.02 Å². The standard InChI is InChI=1S/C22H23ClN8O3/c1-33-16-10-14(15(23)11-17(16)34-2)18(28-13-6-4-12(5-7-13)19(24)25)20-29-22(32)31(30-20)21-26-8-3-9-27-21/h4-8,10-11,18,28H,3,9H2,1-2H3,(H3,24,25)(H,29,30,32). The van der Waals surface area contributed by atoms with Crippen LogP contribution in [0.25, 0.3) is 0 Å². The summed E-state index contributed by atoms with van der Waals surface area (Å²) in [6.45, 7) is 0.527. The van der Waals surface area contributed by atoms with Gasteiger partial charge in [0, 0.05) is 42.1 Å². The second-order valence-electron chi connectivity index (χ2n) is 7.31. The molecule has 176 valence electrons. The van der Waals surface area contributed by atoms with Gasteiger partial charge in [0.1, 0.15) is 11.9 Å². The van der Waals surface area contributed by atoms with E-state index in [1.807, 2.05) is 0 Å². The summed E-state index contributed by atoms with van der Waals surface area (Å²) in [6.07, 6.45) is 2.40. The number of methoxy groups -OCH3 is 2. The number of aromatic amines is 1. The predicted molar refractivity (Wildman–Crippen MR) is 131 cm³/mol. The number of halogens is 1. The highest BCUT2D eigenvalue weighted by atomic mass is 35.5. The second-order valence-corrected chi connectivity index (χ2v) is 7.71. The Morgan fingerprint density at radius 1 is 1.24 bits per heavy atom. The summed E-state index contributed by atoms with van der Waals surface area (Å²) >= 11 is 6.62. The van der Waals surface area contributed by atoms with E-state index in [9.17, 15) is 4.79 Å². The number of amidine groups is 1. The van der Waals surface area contributed by atoms with Crippen molar-refractivity contribution in [1.29, 1.82) is 5.41 Å². The second kappa shape index (κ2) is 9.79. The fraction of sp³-hybridized carbons (Fsp3) is 0.227. The van der Waals surface area contributed by atoms with Gasteiger partial charge in [0.15, 0.2) is 17.3 Å². The molecule has 0 fully saturated rings. The van der Waals surface area contributed by atoms with Gasteiger partial charge in [-0.05, 0) is 30.3 Å². The number of nitrogens with two attached hydrogens (primary N) is 1. The molecule has 0 aliphatic carbocycles. The highest BCUT2D eigenvalue weighted by Crippen LogP contribution is 2.38. The summed E-state index contributed by atoms with van der Waals surface area (Å²) in [4.78, 5) is 23.9. The predicted octanol–water partition coefficient (Wildman–Crippen LogP) is 2.41. The van der Waals surface area contributed by atoms with Crippen LogP contribution in [-0.4, -0.2) is 53.5 Å². The van der Waals surface area contributed by atoms with Crippen molar-refractivity contribution in [3.05, 3.63) is 68.9 Å². The number of aliphatic imine (C=N–C) groups is 2. The first-order chi connectivity index (χ1) is 16.4. The fourth-order valence-electron chi connectivity index (χ4n) is 3.43. The van der Waals surface area contributed by atoms with Crippen molar-refractivity contribution in [2.24, 2.45) is 15.7 Å². The molecule has 0 radical (unpaired) electrons. The molecule has 0 bridgehead atoms. The van der Waals surface area contributed by atoms with Crippen molar-refractivity contribution in [3.8, 4) is 11.5 Å². The maximum atomic E-state index is 12.7. The molecule has 4 rings (SSSR count). The first-order valence-corrected chi connectivity index (χ1v) is 10.7. The van der Waals surface area contributed by atoms with Crippen molar-refractivity contribution < 1.29 is 9.47 Å². The first kappa shape index (κ1) is 23.1. The van der Waals surface area contributed by atoms with Crippen molar-refractivity contribution in [2.45, 2.75) is 12.5 Å². The van der Waals surface area contributed by atoms with Crippen molar-refractivity contribution >= 4 is 35.3 Å². The van der Waals surface area contributed by atoms with Gasteiger partial charge in [-0.15, -0.1) is 9.78 Å². The van der Waals surface area contributed by atoms with Gasteiger partial charge in [-0.2, -0.15) is 0 Å². The highest BCUT2D eigenvalue weighted by molar-refractivity contribution is 6.31. The van der Waals surface area contributed by atoms with Crippen LogP contribution >= 0.6 is 11.6 Å². The summed E-state index contributed by atoms with van der Waals surface area (Å²) in [6, 6.07) is 9.63. The minimum absolute atomic E-state index is 0.0390. The molecule has 1 aliphatic heterocycles. The third-order valence-corrected chi connectivity index (χ3v) is 5.46. The summed E-state index contributed by atoms with van der Waals surface area (Å²) in [7, 11) is 3.04. The zero-order valence-corrected chi connectivity index (χ0v) is 19.3. The molecule has 12 heteroatoms. The largest absolute Gasteiger partial charge is 0.493 e. The zero-order valence-electron chi connectivity index (χ0n) is 18.5. The quantitative estimate of drug-likeness (QED) is 0.299. The Bertz CT molecular complexity index is 1330. The molecule has 2 aromatic carbocycles. The number of hydrogen-bond acceptors (Lipinski definition) is 8. The SMILES string of the molecule is COc1cc(Cl)c(C(Nc2ccc(C(=N)N)cc2)c2nn(C3=NCCC=N3)c(=O)[nH]2)cc1OC. The molecule has 1 aliphatic rings. The highest BCUT2D eigenvalue weighted by Gasteiger charge is 2.25. The molecule has 5 N–H and O–H groups in total. The summed E-state index contributed by atoms with van der Waals surface area (Å²) in [5, 5.41) is 15.7. The van der Waals surface area contributed by atoms with Crippen molar-refractivity contribution in [1.82, 2.24) is 14.8 Å². The van der Waals surface area contributed by atoms with Crippen LogP contribution in [0.3, 0.4) is 0 Å². The molecule has 34 heavy (non-hydrogen) atoms. The molecule has 1 atom stereocenters. The Labute approximate surface area is 199 Å². The smallest absolute Gasteiger partial charge is 0.350 e. The molecule has 1 unspecified atom stereocenters. The van der Waals surface area contributed by atoms with Crippen LogP contribution in [0.5, 0.6) is 11.5 Å². The van der Waals surface area contributed by atoms with Crippen LogP contribution < -0.4 is 26.2 Å². The number of ether oxygens (including phenoxy) is 2. The first-order valence-electron chi connectivity index (χ1n) is 10.3. The van der Waals surface area contributed by atoms with E-state index < -0.39 is 11.7 Å². The van der Waals surface area contributed by atoms with E-state index in [0.29, 0.717) is 52.1 Å². The number of nitrogens with one attached hydrogen (secondary N) is 3. The van der Waals surface area contributed by atoms with Crippen LogP contribution in [0.4, 0.5) is 5.69 Å². The van der Waals surface area contributed by atoms with Crippen LogP contribution in [0.1, 0.15) is 29.4 Å². The van der Waals surface area contributed by atoms with Gasteiger partial charge >= 0.3 is 5.69 Å². The van der Waals surface area contributed by atoms with E-state index in [2.05, 4.69) is 25.4 Å². The molecule has 3 aromatic rings. The Morgan fingerprint density at radius 3 is 2.56 bits per heavy atom. The number of benzene rings is 2. The minimum atomic E-state index is -0.683. The molecule has 0 saturated heterocycles. The number of anilines is 1. The lowest BCUT2D eigenvalue weighted by Crippen LogP contribution is -2.26. The lowest BCUT2D eigenvalue weighted by Gasteiger charge is -2.21. The molecule has 0 amide bonds. The number of aromatic nitrogens is 3. The minimum Gasteiger partial charge on any atom is -0.493 e. The lowest BCUT2D eigenvalue weighted by atomic mass is 10.0. The van der Waals surface area contributed by atoms with Gasteiger partial charge < -0.3 is 20.5 Å². The van der Waals surface area contributed by atoms with Gasteiger partial charge in [-0.1, -0.05) is 11.6 Å². The maximum Gasteiger partial charge on any atom is 0.350 e. The van der Waals surface area contributed by atoms with Gasteiger partial charge in [-0.3, -0.25) is 10.4 Å². The van der Waals surface area contributed by atoms with E-state index in [1.54, 1.807) is 42.6 Å². The van der Waals surface area contributed by atoms with Crippen molar-refractivity contribution in [2.75, 3.05) is 26.1 Å². The van der Waals surface area contributed by atoms with Crippen molar-refractivity contribution in [3.63, 3.8) is 0 Å². The summed E-state index contributed by atoms with van der Waals surface area (Å²) in [5.41, 5.74) is 6.93. The molecule has 2 heterocycles. The van der Waals surface area contributed by atoms with Gasteiger partial charge in [0.05, 0.1) is 19.2 Å². The van der Waals surface area contributed by atoms with Crippen LogP contribution in [0, 0.1) is 5.41 Å². The third kappa shape index (κ3) is 4.64. The topological polar surface area (TPSA) is 156 Å². The Morgan fingerprint density at radius 2 is 1.94 bits per heavy atom. The number of rotatable bonds is 7. The lowest BCUT2D eigenvalue weighted by molar-refractivity contribution is 0.354. The van der Waals surface area contributed by atoms with Gasteiger partial charge in [-0.25, -0.2) is 14.8 Å². The average Bonchev–Trinajstić information content (AvgIpc) is 3.24. The van der Waals surface area contributed by atoms with E-state index in [4.69, 9.17) is 32.2 Å². The average molecular weight is 483 g/mol. The van der Waals surface area contributed by atoms with E-state index >= 15 is 0 Å². The Hall–Kier alpha value is -4.12. The van der Waals surface area contributed by atoms with Gasteiger partial charge in [0.2, 0.25) is 5.96 Å². The third-order valence-electron chi connectivity index (χ3n) is 5.14. The molecule has 0 spiro atoms. The molecular formula is C22H23ClN8O3. The monoisotopic (exact) mass is 482 g/mol. The fourth-order valence-corrected chi connectivity index (χ4v) is 3.70. The molecule has 1 aromatic heterocycles. The Kier molecular flexibility index (Phi) is 6.64. The summed E-state index contributed by atoms with van der Waals surface area (Å²) in [5.74, 6) is 1.39.